The average molecular weight is 226 g/mol. The zero-order valence-electron chi connectivity index (χ0n) is 9.10. The molecule has 1 saturated carbocycles. The van der Waals surface area contributed by atoms with Crippen molar-refractivity contribution in [2.45, 2.75) is 32.4 Å². The number of nitrogen functional groups attached to an aromatic ring is 1. The molecule has 1 aliphatic rings. The third-order valence-electron chi connectivity index (χ3n) is 3.25. The topological polar surface area (TPSA) is 114 Å². The van der Waals surface area contributed by atoms with Gasteiger partial charge in [0.1, 0.15) is 0 Å². The van der Waals surface area contributed by atoms with Crippen LogP contribution in [0.5, 0.6) is 0 Å². The van der Waals surface area contributed by atoms with E-state index in [1.807, 2.05) is 13.8 Å². The van der Waals surface area contributed by atoms with E-state index in [9.17, 15) is 9.90 Å². The summed E-state index contributed by atoms with van der Waals surface area (Å²) in [5, 5.41) is 19.0. The molecule has 0 bridgehead atoms. The van der Waals surface area contributed by atoms with E-state index in [0.717, 1.165) is 0 Å². The molecule has 7 heteroatoms. The van der Waals surface area contributed by atoms with Gasteiger partial charge in [0.25, 0.3) is 5.91 Å². The first-order chi connectivity index (χ1) is 7.43. The van der Waals surface area contributed by atoms with Gasteiger partial charge in [-0.25, -0.2) is 4.63 Å². The van der Waals surface area contributed by atoms with Crippen LogP contribution in [-0.2, 0) is 0 Å². The maximum Gasteiger partial charge on any atom is 0.277 e. The number of carbonyl (C=O) groups excluding carboxylic acids is 1. The first-order valence-corrected chi connectivity index (χ1v) is 5.00. The van der Waals surface area contributed by atoms with Crippen molar-refractivity contribution in [3.63, 3.8) is 0 Å². The van der Waals surface area contributed by atoms with Crippen LogP contribution in [-0.4, -0.2) is 33.5 Å². The third-order valence-corrected chi connectivity index (χ3v) is 3.25. The molecule has 0 aromatic carbocycles. The van der Waals surface area contributed by atoms with Gasteiger partial charge in [0, 0.05) is 11.5 Å². The number of nitrogens with two attached hydrogens (primary N) is 1. The summed E-state index contributed by atoms with van der Waals surface area (Å²) in [4.78, 5) is 11.7. The van der Waals surface area contributed by atoms with Crippen LogP contribution < -0.4 is 11.1 Å². The molecule has 2 atom stereocenters. The van der Waals surface area contributed by atoms with E-state index in [4.69, 9.17) is 5.73 Å². The van der Waals surface area contributed by atoms with Gasteiger partial charge in [-0.2, -0.15) is 0 Å². The van der Waals surface area contributed by atoms with Crippen LogP contribution >= 0.6 is 0 Å². The number of rotatable bonds is 2. The zero-order valence-corrected chi connectivity index (χ0v) is 9.10. The first kappa shape index (κ1) is 10.9. The summed E-state index contributed by atoms with van der Waals surface area (Å²) < 4.78 is 4.34. The Morgan fingerprint density at radius 3 is 2.75 bits per heavy atom. The van der Waals surface area contributed by atoms with Gasteiger partial charge in [0.05, 0.1) is 6.10 Å². The van der Waals surface area contributed by atoms with Crippen molar-refractivity contribution in [1.82, 2.24) is 15.6 Å². The number of nitrogens with zero attached hydrogens (tertiary/aromatic N) is 2. The van der Waals surface area contributed by atoms with Gasteiger partial charge < -0.3 is 16.2 Å². The molecule has 16 heavy (non-hydrogen) atoms. The third kappa shape index (κ3) is 1.53. The van der Waals surface area contributed by atoms with E-state index < -0.39 is 12.0 Å². The predicted molar refractivity (Wildman–Crippen MR) is 54.4 cm³/mol. The highest BCUT2D eigenvalue weighted by molar-refractivity contribution is 5.96. The van der Waals surface area contributed by atoms with Crippen LogP contribution in [0.1, 0.15) is 30.8 Å². The van der Waals surface area contributed by atoms with Gasteiger partial charge in [0.2, 0.25) is 11.5 Å². The Morgan fingerprint density at radius 1 is 1.62 bits per heavy atom. The lowest BCUT2D eigenvalue weighted by molar-refractivity contribution is -0.0690. The molecule has 1 amide bonds. The Morgan fingerprint density at radius 2 is 2.31 bits per heavy atom. The molecule has 1 aliphatic carbocycles. The number of anilines is 1. The van der Waals surface area contributed by atoms with Crippen LogP contribution in [0, 0.1) is 5.41 Å². The average Bonchev–Trinajstić information content (AvgIpc) is 2.64. The van der Waals surface area contributed by atoms with Crippen molar-refractivity contribution >= 4 is 11.7 Å². The lowest BCUT2D eigenvalue weighted by Crippen LogP contribution is -2.61. The van der Waals surface area contributed by atoms with Crippen molar-refractivity contribution < 1.29 is 14.5 Å². The molecular weight excluding hydrogens is 212 g/mol. The number of aromatic nitrogens is 2. The highest BCUT2D eigenvalue weighted by Gasteiger charge is 2.48. The van der Waals surface area contributed by atoms with Crippen LogP contribution in [0.2, 0.25) is 0 Å². The molecule has 1 aromatic heterocycles. The molecule has 2 rings (SSSR count). The van der Waals surface area contributed by atoms with Gasteiger partial charge in [-0.3, -0.25) is 4.79 Å². The summed E-state index contributed by atoms with van der Waals surface area (Å²) in [5.74, 6) is -0.459. The van der Waals surface area contributed by atoms with Gasteiger partial charge in [-0.15, -0.1) is 0 Å². The molecule has 7 nitrogen and oxygen atoms in total. The number of amides is 1. The molecule has 88 valence electrons. The van der Waals surface area contributed by atoms with Crippen LogP contribution in [0.15, 0.2) is 4.63 Å². The van der Waals surface area contributed by atoms with Crippen molar-refractivity contribution in [3.05, 3.63) is 5.69 Å². The van der Waals surface area contributed by atoms with Gasteiger partial charge in [-0.05, 0) is 16.7 Å². The standard InChI is InChI=1S/C9H14N4O3/c1-9(2)4(3-5(9)14)11-8(15)6-7(10)13-16-12-6/h4-5,14H,3H2,1-2H3,(H2,10,13)(H,11,15). The Bertz CT molecular complexity index is 415. The van der Waals surface area contributed by atoms with Gasteiger partial charge in [0.15, 0.2) is 0 Å². The number of hydrogen-bond acceptors (Lipinski definition) is 6. The first-order valence-electron chi connectivity index (χ1n) is 5.00. The minimum Gasteiger partial charge on any atom is -0.392 e. The number of hydrogen-bond donors (Lipinski definition) is 3. The monoisotopic (exact) mass is 226 g/mol. The van der Waals surface area contributed by atoms with Gasteiger partial charge in [-0.1, -0.05) is 13.8 Å². The van der Waals surface area contributed by atoms with E-state index >= 15 is 0 Å². The SMILES string of the molecule is CC1(C)C(O)CC1NC(=O)c1nonc1N. The summed E-state index contributed by atoms with van der Waals surface area (Å²) in [6.45, 7) is 3.77. The Kier molecular flexibility index (Phi) is 2.34. The molecule has 0 spiro atoms. The second-order valence-electron chi connectivity index (χ2n) is 4.60. The Labute approximate surface area is 92.0 Å². The van der Waals surface area contributed by atoms with E-state index in [-0.39, 0.29) is 23.0 Å². The molecule has 4 N–H and O–H groups in total. The van der Waals surface area contributed by atoms with E-state index in [1.165, 1.54) is 0 Å². The summed E-state index contributed by atoms with van der Waals surface area (Å²) in [7, 11) is 0. The van der Waals surface area contributed by atoms with Gasteiger partial charge >= 0.3 is 0 Å². The largest absolute Gasteiger partial charge is 0.392 e. The quantitative estimate of drug-likeness (QED) is 0.628. The van der Waals surface area contributed by atoms with Crippen molar-refractivity contribution in [1.29, 1.82) is 0 Å². The molecule has 1 aromatic rings. The second-order valence-corrected chi connectivity index (χ2v) is 4.60. The number of aliphatic hydroxyl groups excluding tert-OH is 1. The number of aliphatic hydroxyl groups is 1. The molecule has 1 heterocycles. The normalized spacial score (nSPS) is 27.2. The fourth-order valence-corrected chi connectivity index (χ4v) is 1.73. The van der Waals surface area contributed by atoms with E-state index in [2.05, 4.69) is 20.3 Å². The number of carbonyl (C=O) groups is 1. The Balaban J connectivity index is 2.02. The fourth-order valence-electron chi connectivity index (χ4n) is 1.73. The minimum atomic E-state index is -0.427. The van der Waals surface area contributed by atoms with E-state index in [0.29, 0.717) is 6.42 Å². The van der Waals surface area contributed by atoms with Crippen LogP contribution in [0.25, 0.3) is 0 Å². The summed E-state index contributed by atoms with van der Waals surface area (Å²) >= 11 is 0. The highest BCUT2D eigenvalue weighted by Crippen LogP contribution is 2.40. The van der Waals surface area contributed by atoms with Crippen molar-refractivity contribution in [2.75, 3.05) is 5.73 Å². The van der Waals surface area contributed by atoms with Crippen molar-refractivity contribution in [2.24, 2.45) is 5.41 Å². The molecule has 2 unspecified atom stereocenters. The van der Waals surface area contributed by atoms with E-state index in [1.54, 1.807) is 0 Å². The highest BCUT2D eigenvalue weighted by atomic mass is 16.6. The smallest absolute Gasteiger partial charge is 0.277 e. The predicted octanol–water partition coefficient (Wildman–Crippen LogP) is -0.459. The zero-order chi connectivity index (χ0) is 11.9. The summed E-state index contributed by atoms with van der Waals surface area (Å²) in [6.07, 6.45) is 0.134. The summed E-state index contributed by atoms with van der Waals surface area (Å²) in [5.41, 5.74) is 5.05. The molecule has 0 saturated heterocycles. The number of nitrogens with one attached hydrogen (secondary N) is 1. The lowest BCUT2D eigenvalue weighted by Gasteiger charge is -2.49. The van der Waals surface area contributed by atoms with Crippen LogP contribution in [0.4, 0.5) is 5.82 Å². The fraction of sp³-hybridized carbons (Fsp3) is 0.667. The van der Waals surface area contributed by atoms with Crippen molar-refractivity contribution in [3.8, 4) is 0 Å². The van der Waals surface area contributed by atoms with Crippen LogP contribution in [0.3, 0.4) is 0 Å². The molecule has 1 fully saturated rings. The molecule has 0 radical (unpaired) electrons. The second kappa shape index (κ2) is 3.44. The summed E-state index contributed by atoms with van der Waals surface area (Å²) in [6, 6.07) is -0.0916. The maximum absolute atomic E-state index is 11.7. The molecular formula is C9H14N4O3. The lowest BCUT2D eigenvalue weighted by atomic mass is 9.64. The Hall–Kier alpha value is -1.63. The minimum absolute atomic E-state index is 0.0165. The molecule has 0 aliphatic heterocycles. The maximum atomic E-state index is 11.7.